The zero-order valence-electron chi connectivity index (χ0n) is 14.0. The van der Waals surface area contributed by atoms with Gasteiger partial charge in [-0.25, -0.2) is 4.98 Å². The molecule has 0 atom stereocenters. The molecule has 1 aromatic heterocycles. The van der Waals surface area contributed by atoms with E-state index in [1.807, 2.05) is 0 Å². The van der Waals surface area contributed by atoms with Crippen molar-refractivity contribution in [1.29, 1.82) is 0 Å². The van der Waals surface area contributed by atoms with Crippen molar-refractivity contribution in [3.05, 3.63) is 39.9 Å². The van der Waals surface area contributed by atoms with E-state index in [2.05, 4.69) is 10.3 Å². The van der Waals surface area contributed by atoms with E-state index in [4.69, 9.17) is 4.74 Å². The van der Waals surface area contributed by atoms with Crippen molar-refractivity contribution in [3.63, 3.8) is 0 Å². The number of hydrogen-bond donors (Lipinski definition) is 1. The lowest BCUT2D eigenvalue weighted by molar-refractivity contribution is 0.0948. The van der Waals surface area contributed by atoms with Crippen molar-refractivity contribution in [2.75, 3.05) is 20.3 Å². The summed E-state index contributed by atoms with van der Waals surface area (Å²) in [6.07, 6.45) is 4.77. The molecule has 0 fully saturated rings. The number of methoxy groups -OCH3 is 1. The van der Waals surface area contributed by atoms with Gasteiger partial charge in [0, 0.05) is 38.8 Å². The molecule has 0 saturated carbocycles. The van der Waals surface area contributed by atoms with Crippen LogP contribution in [0.3, 0.4) is 0 Å². The first-order valence-corrected chi connectivity index (χ1v) is 8.51. The van der Waals surface area contributed by atoms with Crippen LogP contribution in [0.15, 0.2) is 23.0 Å². The molecule has 1 aromatic carbocycles. The molecule has 0 saturated heterocycles. The monoisotopic (exact) mass is 329 g/mol. The molecular weight excluding hydrogens is 306 g/mol. The smallest absolute Gasteiger partial charge is 0.261 e. The number of aromatic nitrogens is 2. The number of carbonyl (C=O) groups is 1. The minimum absolute atomic E-state index is 0.00366. The fraction of sp³-hybridized carbons (Fsp3) is 0.500. The lowest BCUT2D eigenvalue weighted by Gasteiger charge is -2.11. The van der Waals surface area contributed by atoms with E-state index in [9.17, 15) is 9.59 Å². The van der Waals surface area contributed by atoms with E-state index in [0.717, 1.165) is 44.5 Å². The standard InChI is InChI=1S/C18H23N3O3/c1-24-11-5-9-19-17(22)13-7-8-14-15(12-13)20-16-6-3-2-4-10-21(16)18(14)23/h7-8,12H,2-6,9-11H2,1H3,(H,19,22). The number of aryl methyl sites for hydroxylation is 1. The van der Waals surface area contributed by atoms with Gasteiger partial charge in [0.15, 0.2) is 0 Å². The summed E-state index contributed by atoms with van der Waals surface area (Å²) in [5.41, 5.74) is 1.15. The van der Waals surface area contributed by atoms with Crippen molar-refractivity contribution in [3.8, 4) is 0 Å². The molecule has 6 heteroatoms. The molecule has 24 heavy (non-hydrogen) atoms. The average molecular weight is 329 g/mol. The number of benzene rings is 1. The Bertz CT molecular complexity index is 798. The van der Waals surface area contributed by atoms with E-state index in [1.165, 1.54) is 0 Å². The highest BCUT2D eigenvalue weighted by molar-refractivity contribution is 5.97. The molecule has 0 unspecified atom stereocenters. The molecule has 1 amide bonds. The number of carbonyl (C=O) groups excluding carboxylic acids is 1. The SMILES string of the molecule is COCCCNC(=O)c1ccc2c(=O)n3c(nc2c1)CCCCC3. The van der Waals surface area contributed by atoms with Crippen molar-refractivity contribution >= 4 is 16.8 Å². The molecule has 0 aliphatic carbocycles. The number of nitrogens with zero attached hydrogens (tertiary/aromatic N) is 2. The van der Waals surface area contributed by atoms with Crippen LogP contribution in [-0.2, 0) is 17.7 Å². The van der Waals surface area contributed by atoms with E-state index < -0.39 is 0 Å². The molecule has 1 aliphatic rings. The molecule has 0 spiro atoms. The summed E-state index contributed by atoms with van der Waals surface area (Å²) in [7, 11) is 1.64. The number of fused-ring (bicyclic) bond motifs is 2. The van der Waals surface area contributed by atoms with E-state index in [1.54, 1.807) is 29.9 Å². The molecule has 0 radical (unpaired) electrons. The van der Waals surface area contributed by atoms with Gasteiger partial charge in [0.25, 0.3) is 11.5 Å². The number of rotatable bonds is 5. The van der Waals surface area contributed by atoms with Gasteiger partial charge in [-0.2, -0.15) is 0 Å². The maximum atomic E-state index is 12.7. The van der Waals surface area contributed by atoms with Gasteiger partial charge in [-0.3, -0.25) is 14.2 Å². The number of ether oxygens (including phenoxy) is 1. The second-order valence-electron chi connectivity index (χ2n) is 6.13. The summed E-state index contributed by atoms with van der Waals surface area (Å²) in [5, 5.41) is 3.44. The van der Waals surface area contributed by atoms with Gasteiger partial charge < -0.3 is 10.1 Å². The lowest BCUT2D eigenvalue weighted by atomic mass is 10.1. The molecule has 3 rings (SSSR count). The van der Waals surface area contributed by atoms with Crippen LogP contribution in [0, 0.1) is 0 Å². The quantitative estimate of drug-likeness (QED) is 0.850. The van der Waals surface area contributed by atoms with Crippen LogP contribution in [0.2, 0.25) is 0 Å². The summed E-state index contributed by atoms with van der Waals surface area (Å²) >= 11 is 0. The molecular formula is C18H23N3O3. The third-order valence-corrected chi connectivity index (χ3v) is 4.39. The minimum atomic E-state index is -0.148. The fourth-order valence-electron chi connectivity index (χ4n) is 3.08. The predicted octanol–water partition coefficient (Wildman–Crippen LogP) is 1.89. The molecule has 1 aliphatic heterocycles. The van der Waals surface area contributed by atoms with Gasteiger partial charge in [0.05, 0.1) is 10.9 Å². The third-order valence-electron chi connectivity index (χ3n) is 4.39. The molecule has 0 bridgehead atoms. The van der Waals surface area contributed by atoms with E-state index >= 15 is 0 Å². The van der Waals surface area contributed by atoms with Crippen molar-refractivity contribution in [2.45, 2.75) is 38.6 Å². The van der Waals surface area contributed by atoms with Crippen LogP contribution in [0.25, 0.3) is 10.9 Å². The van der Waals surface area contributed by atoms with Gasteiger partial charge >= 0.3 is 0 Å². The molecule has 2 heterocycles. The van der Waals surface area contributed by atoms with Crippen LogP contribution < -0.4 is 10.9 Å². The van der Waals surface area contributed by atoms with Gasteiger partial charge in [-0.1, -0.05) is 6.42 Å². The summed E-state index contributed by atoms with van der Waals surface area (Å²) in [4.78, 5) is 29.5. The minimum Gasteiger partial charge on any atom is -0.385 e. The van der Waals surface area contributed by atoms with Crippen LogP contribution >= 0.6 is 0 Å². The fourth-order valence-corrected chi connectivity index (χ4v) is 3.08. The van der Waals surface area contributed by atoms with E-state index in [-0.39, 0.29) is 11.5 Å². The highest BCUT2D eigenvalue weighted by Crippen LogP contribution is 2.16. The Balaban J connectivity index is 1.88. The Morgan fingerprint density at radius 1 is 1.33 bits per heavy atom. The Labute approximate surface area is 140 Å². The summed E-state index contributed by atoms with van der Waals surface area (Å²) in [6, 6.07) is 5.13. The maximum Gasteiger partial charge on any atom is 0.261 e. The molecule has 6 nitrogen and oxygen atoms in total. The topological polar surface area (TPSA) is 73.2 Å². The van der Waals surface area contributed by atoms with Crippen molar-refractivity contribution in [1.82, 2.24) is 14.9 Å². The van der Waals surface area contributed by atoms with Crippen LogP contribution in [0.5, 0.6) is 0 Å². The molecule has 128 valence electrons. The summed E-state index contributed by atoms with van der Waals surface area (Å²) < 4.78 is 6.76. The summed E-state index contributed by atoms with van der Waals surface area (Å²) in [6.45, 7) is 1.91. The van der Waals surface area contributed by atoms with Gasteiger partial charge in [-0.15, -0.1) is 0 Å². The van der Waals surface area contributed by atoms with Crippen molar-refractivity contribution < 1.29 is 9.53 Å². The first-order valence-electron chi connectivity index (χ1n) is 8.51. The first-order chi connectivity index (χ1) is 11.7. The normalized spacial score (nSPS) is 14.2. The van der Waals surface area contributed by atoms with Crippen LogP contribution in [0.1, 0.15) is 41.9 Å². The van der Waals surface area contributed by atoms with Gasteiger partial charge in [0.2, 0.25) is 0 Å². The zero-order chi connectivity index (χ0) is 16.9. The van der Waals surface area contributed by atoms with Gasteiger partial charge in [0.1, 0.15) is 5.82 Å². The largest absolute Gasteiger partial charge is 0.385 e. The first kappa shape index (κ1) is 16.6. The van der Waals surface area contributed by atoms with Crippen LogP contribution in [-0.4, -0.2) is 35.7 Å². The molecule has 1 N–H and O–H groups in total. The van der Waals surface area contributed by atoms with Crippen molar-refractivity contribution in [2.24, 2.45) is 0 Å². The number of hydrogen-bond acceptors (Lipinski definition) is 4. The van der Waals surface area contributed by atoms with Crippen LogP contribution in [0.4, 0.5) is 0 Å². The second kappa shape index (κ2) is 7.57. The number of nitrogens with one attached hydrogen (secondary N) is 1. The predicted molar refractivity (Wildman–Crippen MR) is 92.4 cm³/mol. The molecule has 2 aromatic rings. The third kappa shape index (κ3) is 3.48. The highest BCUT2D eigenvalue weighted by Gasteiger charge is 2.15. The summed E-state index contributed by atoms with van der Waals surface area (Å²) in [5.74, 6) is 0.688. The van der Waals surface area contributed by atoms with Gasteiger partial charge in [-0.05, 0) is 37.5 Å². The Hall–Kier alpha value is -2.21. The maximum absolute atomic E-state index is 12.7. The Morgan fingerprint density at radius 3 is 3.04 bits per heavy atom. The second-order valence-corrected chi connectivity index (χ2v) is 6.13. The lowest BCUT2D eigenvalue weighted by Crippen LogP contribution is -2.26. The highest BCUT2D eigenvalue weighted by atomic mass is 16.5. The average Bonchev–Trinajstić information content (AvgIpc) is 2.84. The zero-order valence-corrected chi connectivity index (χ0v) is 14.0. The van der Waals surface area contributed by atoms with E-state index in [0.29, 0.717) is 29.6 Å². The Morgan fingerprint density at radius 2 is 2.21 bits per heavy atom. The number of amides is 1. The Kier molecular flexibility index (Phi) is 5.25.